The summed E-state index contributed by atoms with van der Waals surface area (Å²) < 4.78 is 6.73. The van der Waals surface area contributed by atoms with Gasteiger partial charge in [-0.2, -0.15) is 0 Å². The quantitative estimate of drug-likeness (QED) is 0.902. The first-order valence-corrected chi connectivity index (χ1v) is 7.03. The van der Waals surface area contributed by atoms with Gasteiger partial charge in [0.25, 0.3) is 0 Å². The highest BCUT2D eigenvalue weighted by Crippen LogP contribution is 2.31. The summed E-state index contributed by atoms with van der Waals surface area (Å²) in [5, 5.41) is 8.89. The molecular weight excluding hydrogens is 296 g/mol. The van der Waals surface area contributed by atoms with E-state index < -0.39 is 5.97 Å². The number of hydrogen-bond acceptors (Lipinski definition) is 2. The van der Waals surface area contributed by atoms with Crippen LogP contribution in [0.15, 0.2) is 22.7 Å². The summed E-state index contributed by atoms with van der Waals surface area (Å²) in [7, 11) is 0. The molecule has 0 saturated heterocycles. The predicted octanol–water partition coefficient (Wildman–Crippen LogP) is 3.64. The second-order valence-corrected chi connectivity index (χ2v) is 5.73. The normalized spacial score (nSPS) is 17.0. The molecule has 0 aromatic heterocycles. The SMILES string of the molecule is CC(Cc1ccc(OC2CCC2)c(Br)c1)C(=O)O. The van der Waals surface area contributed by atoms with Gasteiger partial charge in [-0.3, -0.25) is 4.79 Å². The highest BCUT2D eigenvalue weighted by atomic mass is 79.9. The monoisotopic (exact) mass is 312 g/mol. The van der Waals surface area contributed by atoms with E-state index in [0.717, 1.165) is 28.6 Å². The highest BCUT2D eigenvalue weighted by molar-refractivity contribution is 9.10. The average molecular weight is 313 g/mol. The summed E-state index contributed by atoms with van der Waals surface area (Å²) in [5.74, 6) is -0.275. The van der Waals surface area contributed by atoms with Crippen molar-refractivity contribution in [3.05, 3.63) is 28.2 Å². The number of ether oxygens (including phenoxy) is 1. The first-order valence-electron chi connectivity index (χ1n) is 6.24. The molecule has 1 aliphatic rings. The van der Waals surface area contributed by atoms with E-state index in [2.05, 4.69) is 15.9 Å². The van der Waals surface area contributed by atoms with Crippen LogP contribution < -0.4 is 4.74 Å². The van der Waals surface area contributed by atoms with Crippen LogP contribution in [0.25, 0.3) is 0 Å². The van der Waals surface area contributed by atoms with Gasteiger partial charge in [0.05, 0.1) is 16.5 Å². The molecule has 1 N–H and O–H groups in total. The van der Waals surface area contributed by atoms with Gasteiger partial charge in [0, 0.05) is 0 Å². The van der Waals surface area contributed by atoms with Crippen molar-refractivity contribution in [2.75, 3.05) is 0 Å². The number of hydrogen-bond donors (Lipinski definition) is 1. The zero-order valence-corrected chi connectivity index (χ0v) is 11.9. The van der Waals surface area contributed by atoms with Crippen molar-refractivity contribution in [1.29, 1.82) is 0 Å². The largest absolute Gasteiger partial charge is 0.489 e. The van der Waals surface area contributed by atoms with Gasteiger partial charge in [0.1, 0.15) is 5.75 Å². The molecule has 0 aliphatic heterocycles. The molecular formula is C14H17BrO3. The maximum Gasteiger partial charge on any atom is 0.306 e. The van der Waals surface area contributed by atoms with E-state index in [0.29, 0.717) is 12.5 Å². The van der Waals surface area contributed by atoms with E-state index in [-0.39, 0.29) is 5.92 Å². The third kappa shape index (κ3) is 3.25. The Morgan fingerprint density at radius 3 is 2.78 bits per heavy atom. The Bertz CT molecular complexity index is 441. The summed E-state index contributed by atoms with van der Waals surface area (Å²) in [4.78, 5) is 10.8. The first kappa shape index (κ1) is 13.4. The summed E-state index contributed by atoms with van der Waals surface area (Å²) in [6, 6.07) is 5.82. The number of carbonyl (C=O) groups is 1. The fourth-order valence-electron chi connectivity index (χ4n) is 1.88. The molecule has 3 nitrogen and oxygen atoms in total. The Morgan fingerprint density at radius 1 is 1.56 bits per heavy atom. The van der Waals surface area contributed by atoms with E-state index in [1.54, 1.807) is 6.92 Å². The number of benzene rings is 1. The van der Waals surface area contributed by atoms with Gasteiger partial charge in [-0.05, 0) is 59.3 Å². The standard InChI is InChI=1S/C14H17BrO3/c1-9(14(16)17)7-10-5-6-13(12(15)8-10)18-11-3-2-4-11/h5-6,8-9,11H,2-4,7H2,1H3,(H,16,17). The Morgan fingerprint density at radius 2 is 2.28 bits per heavy atom. The lowest BCUT2D eigenvalue weighted by Crippen LogP contribution is -2.24. The van der Waals surface area contributed by atoms with Crippen molar-refractivity contribution in [3.8, 4) is 5.75 Å². The van der Waals surface area contributed by atoms with Gasteiger partial charge in [-0.1, -0.05) is 13.0 Å². The number of carboxylic acids is 1. The maximum atomic E-state index is 10.8. The van der Waals surface area contributed by atoms with Crippen LogP contribution in [0.4, 0.5) is 0 Å². The van der Waals surface area contributed by atoms with Crippen molar-refractivity contribution in [2.45, 2.75) is 38.7 Å². The minimum Gasteiger partial charge on any atom is -0.489 e. The van der Waals surface area contributed by atoms with Gasteiger partial charge >= 0.3 is 5.97 Å². The van der Waals surface area contributed by atoms with Gasteiger partial charge in [0.2, 0.25) is 0 Å². The van der Waals surface area contributed by atoms with E-state index in [1.165, 1.54) is 6.42 Å². The maximum absolute atomic E-state index is 10.8. The molecule has 0 heterocycles. The van der Waals surface area contributed by atoms with Gasteiger partial charge in [-0.15, -0.1) is 0 Å². The van der Waals surface area contributed by atoms with Crippen molar-refractivity contribution in [2.24, 2.45) is 5.92 Å². The molecule has 0 radical (unpaired) electrons. The second kappa shape index (κ2) is 5.74. The fraction of sp³-hybridized carbons (Fsp3) is 0.500. The molecule has 1 aromatic carbocycles. The highest BCUT2D eigenvalue weighted by Gasteiger charge is 2.20. The Labute approximate surface area is 115 Å². The third-order valence-corrected chi connectivity index (χ3v) is 3.93. The molecule has 1 atom stereocenters. The van der Waals surface area contributed by atoms with Crippen LogP contribution in [-0.4, -0.2) is 17.2 Å². The Hall–Kier alpha value is -1.03. The van der Waals surface area contributed by atoms with Crippen LogP contribution in [0.1, 0.15) is 31.7 Å². The summed E-state index contributed by atoms with van der Waals surface area (Å²) in [6.07, 6.45) is 4.40. The zero-order chi connectivity index (χ0) is 13.1. The van der Waals surface area contributed by atoms with Crippen LogP contribution in [0.2, 0.25) is 0 Å². The molecule has 1 aliphatic carbocycles. The number of rotatable bonds is 5. The van der Waals surface area contributed by atoms with Gasteiger partial charge < -0.3 is 9.84 Å². The van der Waals surface area contributed by atoms with Gasteiger partial charge in [-0.25, -0.2) is 0 Å². The van der Waals surface area contributed by atoms with Crippen molar-refractivity contribution in [3.63, 3.8) is 0 Å². The molecule has 2 rings (SSSR count). The van der Waals surface area contributed by atoms with Crippen LogP contribution in [-0.2, 0) is 11.2 Å². The van der Waals surface area contributed by atoms with E-state index in [1.807, 2.05) is 18.2 Å². The summed E-state index contributed by atoms with van der Waals surface area (Å²) in [6.45, 7) is 1.72. The number of aliphatic carboxylic acids is 1. The van der Waals surface area contributed by atoms with E-state index in [9.17, 15) is 4.79 Å². The number of carboxylic acid groups (broad SMARTS) is 1. The Kier molecular flexibility index (Phi) is 4.27. The molecule has 0 spiro atoms. The fourth-order valence-corrected chi connectivity index (χ4v) is 2.40. The topological polar surface area (TPSA) is 46.5 Å². The van der Waals surface area contributed by atoms with Gasteiger partial charge in [0.15, 0.2) is 0 Å². The smallest absolute Gasteiger partial charge is 0.306 e. The molecule has 1 fully saturated rings. The predicted molar refractivity (Wildman–Crippen MR) is 72.9 cm³/mol. The summed E-state index contributed by atoms with van der Waals surface area (Å²) in [5.41, 5.74) is 1.01. The molecule has 98 valence electrons. The molecule has 4 heteroatoms. The lowest BCUT2D eigenvalue weighted by molar-refractivity contribution is -0.141. The van der Waals surface area contributed by atoms with E-state index in [4.69, 9.17) is 9.84 Å². The molecule has 1 saturated carbocycles. The minimum absolute atomic E-state index is 0.352. The molecule has 1 aromatic rings. The third-order valence-electron chi connectivity index (χ3n) is 3.31. The van der Waals surface area contributed by atoms with Crippen molar-refractivity contribution in [1.82, 2.24) is 0 Å². The molecule has 0 bridgehead atoms. The van der Waals surface area contributed by atoms with Crippen LogP contribution in [0.3, 0.4) is 0 Å². The Balaban J connectivity index is 2.01. The van der Waals surface area contributed by atoms with Crippen LogP contribution in [0.5, 0.6) is 5.75 Å². The second-order valence-electron chi connectivity index (χ2n) is 4.88. The van der Waals surface area contributed by atoms with Crippen LogP contribution in [0, 0.1) is 5.92 Å². The van der Waals surface area contributed by atoms with Crippen molar-refractivity contribution >= 4 is 21.9 Å². The van der Waals surface area contributed by atoms with Crippen LogP contribution >= 0.6 is 15.9 Å². The lowest BCUT2D eigenvalue weighted by atomic mass is 9.96. The van der Waals surface area contributed by atoms with Crippen molar-refractivity contribution < 1.29 is 14.6 Å². The minimum atomic E-state index is -0.763. The molecule has 18 heavy (non-hydrogen) atoms. The molecule has 0 amide bonds. The van der Waals surface area contributed by atoms with E-state index >= 15 is 0 Å². The summed E-state index contributed by atoms with van der Waals surface area (Å²) >= 11 is 3.48. The number of halogens is 1. The first-order chi connectivity index (χ1) is 8.56. The lowest BCUT2D eigenvalue weighted by Gasteiger charge is -2.27. The molecule has 1 unspecified atom stereocenters. The zero-order valence-electron chi connectivity index (χ0n) is 10.4. The average Bonchev–Trinajstić information content (AvgIpc) is 2.25.